The Bertz CT molecular complexity index is 328. The van der Waals surface area contributed by atoms with E-state index < -0.39 is 0 Å². The van der Waals surface area contributed by atoms with E-state index in [-0.39, 0.29) is 6.04 Å². The van der Waals surface area contributed by atoms with Gasteiger partial charge in [0.05, 0.1) is 19.1 Å². The van der Waals surface area contributed by atoms with Crippen LogP contribution in [-0.2, 0) is 6.42 Å². The lowest BCUT2D eigenvalue weighted by molar-refractivity contribution is 0.347. The van der Waals surface area contributed by atoms with Gasteiger partial charge in [0.1, 0.15) is 0 Å². The fourth-order valence-electron chi connectivity index (χ4n) is 1.63. The number of benzene rings is 1. The van der Waals surface area contributed by atoms with Crippen LogP contribution in [0.2, 0.25) is 0 Å². The molecule has 0 radical (unpaired) electrons. The normalized spacial score (nSPS) is 12.3. The molecule has 90 valence electrons. The van der Waals surface area contributed by atoms with Crippen LogP contribution in [-0.4, -0.2) is 26.5 Å². The van der Waals surface area contributed by atoms with Crippen molar-refractivity contribution in [1.29, 1.82) is 0 Å². The van der Waals surface area contributed by atoms with E-state index in [1.54, 1.807) is 26.0 Å². The molecule has 0 bridgehead atoms. The lowest BCUT2D eigenvalue weighted by atomic mass is 10.1. The summed E-state index contributed by atoms with van der Waals surface area (Å²) in [6.45, 7) is 2.00. The van der Waals surface area contributed by atoms with E-state index in [1.165, 1.54) is 5.56 Å². The number of rotatable bonds is 5. The van der Waals surface area contributed by atoms with Gasteiger partial charge in [-0.2, -0.15) is 0 Å². The molecule has 0 aromatic heterocycles. The van der Waals surface area contributed by atoms with Crippen molar-refractivity contribution in [3.63, 3.8) is 0 Å². The Morgan fingerprint density at radius 2 is 2.00 bits per heavy atom. The van der Waals surface area contributed by atoms with Crippen LogP contribution >= 0.6 is 11.8 Å². The van der Waals surface area contributed by atoms with Crippen LogP contribution in [0.3, 0.4) is 0 Å². The molecule has 3 nitrogen and oxygen atoms in total. The summed E-state index contributed by atoms with van der Waals surface area (Å²) < 4.78 is 10.7. The smallest absolute Gasteiger partial charge is 0.174 e. The van der Waals surface area contributed by atoms with Crippen LogP contribution in [0.4, 0.5) is 0 Å². The third kappa shape index (κ3) is 3.06. The van der Waals surface area contributed by atoms with Crippen molar-refractivity contribution in [2.24, 2.45) is 5.73 Å². The molecule has 0 spiro atoms. The topological polar surface area (TPSA) is 44.5 Å². The molecular formula is C12H19NO2S. The molecule has 0 amide bonds. The summed E-state index contributed by atoms with van der Waals surface area (Å²) in [6, 6.07) is 4.24. The molecule has 4 heteroatoms. The van der Waals surface area contributed by atoms with Gasteiger partial charge in [-0.1, -0.05) is 0 Å². The highest BCUT2D eigenvalue weighted by Gasteiger charge is 2.12. The van der Waals surface area contributed by atoms with Crippen LogP contribution in [0.15, 0.2) is 17.0 Å². The molecule has 1 aromatic carbocycles. The first-order chi connectivity index (χ1) is 7.62. The van der Waals surface area contributed by atoms with Crippen molar-refractivity contribution in [3.05, 3.63) is 17.7 Å². The molecule has 0 fully saturated rings. The first kappa shape index (κ1) is 13.2. The van der Waals surface area contributed by atoms with Crippen molar-refractivity contribution < 1.29 is 9.47 Å². The van der Waals surface area contributed by atoms with E-state index in [0.29, 0.717) is 0 Å². The van der Waals surface area contributed by atoms with Crippen molar-refractivity contribution in [1.82, 2.24) is 0 Å². The number of nitrogens with two attached hydrogens (primary N) is 1. The number of ether oxygens (including phenoxy) is 2. The Morgan fingerprint density at radius 3 is 2.44 bits per heavy atom. The molecule has 1 rings (SSSR count). The van der Waals surface area contributed by atoms with E-state index in [1.807, 2.05) is 19.2 Å². The van der Waals surface area contributed by atoms with Crippen LogP contribution in [0, 0.1) is 0 Å². The summed E-state index contributed by atoms with van der Waals surface area (Å²) >= 11 is 1.64. The van der Waals surface area contributed by atoms with Gasteiger partial charge in [0.2, 0.25) is 0 Å². The third-order valence-corrected chi connectivity index (χ3v) is 3.03. The van der Waals surface area contributed by atoms with Gasteiger partial charge >= 0.3 is 0 Å². The SMILES string of the molecule is COc1cc(C[C@@H](C)N)cc(SC)c1OC. The monoisotopic (exact) mass is 241 g/mol. The summed E-state index contributed by atoms with van der Waals surface area (Å²) in [5.41, 5.74) is 6.98. The molecule has 2 N–H and O–H groups in total. The second-order valence-electron chi connectivity index (χ2n) is 3.71. The largest absolute Gasteiger partial charge is 0.493 e. The van der Waals surface area contributed by atoms with Crippen molar-refractivity contribution in [3.8, 4) is 11.5 Å². The van der Waals surface area contributed by atoms with E-state index >= 15 is 0 Å². The first-order valence-electron chi connectivity index (χ1n) is 5.16. The first-order valence-corrected chi connectivity index (χ1v) is 6.39. The van der Waals surface area contributed by atoms with Crippen molar-refractivity contribution in [2.75, 3.05) is 20.5 Å². The van der Waals surface area contributed by atoms with Gasteiger partial charge in [-0.05, 0) is 37.3 Å². The predicted molar refractivity (Wildman–Crippen MR) is 68.7 cm³/mol. The summed E-state index contributed by atoms with van der Waals surface area (Å²) in [5, 5.41) is 0. The zero-order chi connectivity index (χ0) is 12.1. The van der Waals surface area contributed by atoms with Gasteiger partial charge in [-0.15, -0.1) is 11.8 Å². The number of methoxy groups -OCH3 is 2. The molecule has 0 heterocycles. The zero-order valence-electron chi connectivity index (χ0n) is 10.2. The van der Waals surface area contributed by atoms with Gasteiger partial charge < -0.3 is 15.2 Å². The minimum absolute atomic E-state index is 0.146. The minimum Gasteiger partial charge on any atom is -0.493 e. The standard InChI is InChI=1S/C12H19NO2S/c1-8(13)5-9-6-10(14-2)12(15-3)11(7-9)16-4/h6-8H,5,13H2,1-4H3/t8-/m1/s1. The maximum absolute atomic E-state index is 5.80. The molecular weight excluding hydrogens is 222 g/mol. The third-order valence-electron chi connectivity index (χ3n) is 2.28. The van der Waals surface area contributed by atoms with Gasteiger partial charge in [-0.25, -0.2) is 0 Å². The van der Waals surface area contributed by atoms with Crippen LogP contribution in [0.25, 0.3) is 0 Å². The molecule has 0 saturated carbocycles. The highest BCUT2D eigenvalue weighted by atomic mass is 32.2. The van der Waals surface area contributed by atoms with E-state index in [9.17, 15) is 0 Å². The maximum atomic E-state index is 5.80. The summed E-state index contributed by atoms with van der Waals surface area (Å²) in [6.07, 6.45) is 2.86. The average Bonchev–Trinajstić information content (AvgIpc) is 2.26. The van der Waals surface area contributed by atoms with Gasteiger partial charge in [-0.3, -0.25) is 0 Å². The minimum atomic E-state index is 0.146. The quantitative estimate of drug-likeness (QED) is 0.804. The van der Waals surface area contributed by atoms with Gasteiger partial charge in [0.15, 0.2) is 11.5 Å². The maximum Gasteiger partial charge on any atom is 0.174 e. The highest BCUT2D eigenvalue weighted by Crippen LogP contribution is 2.37. The molecule has 1 aromatic rings. The summed E-state index contributed by atoms with van der Waals surface area (Å²) in [4.78, 5) is 1.08. The van der Waals surface area contributed by atoms with Crippen LogP contribution in [0.1, 0.15) is 12.5 Å². The van der Waals surface area contributed by atoms with E-state index in [2.05, 4.69) is 6.07 Å². The summed E-state index contributed by atoms with van der Waals surface area (Å²) in [5.74, 6) is 1.56. The number of thioether (sulfide) groups is 1. The lowest BCUT2D eigenvalue weighted by Gasteiger charge is -2.14. The Labute approximate surface area is 101 Å². The predicted octanol–water partition coefficient (Wildman–Crippen LogP) is 2.32. The molecule has 0 saturated heterocycles. The van der Waals surface area contributed by atoms with Gasteiger partial charge in [0, 0.05) is 6.04 Å². The Hall–Kier alpha value is -0.870. The van der Waals surface area contributed by atoms with E-state index in [4.69, 9.17) is 15.2 Å². The fourth-order valence-corrected chi connectivity index (χ4v) is 2.26. The van der Waals surface area contributed by atoms with Crippen LogP contribution in [0.5, 0.6) is 11.5 Å². The average molecular weight is 241 g/mol. The van der Waals surface area contributed by atoms with E-state index in [0.717, 1.165) is 22.8 Å². The zero-order valence-corrected chi connectivity index (χ0v) is 11.1. The molecule has 16 heavy (non-hydrogen) atoms. The van der Waals surface area contributed by atoms with Crippen molar-refractivity contribution in [2.45, 2.75) is 24.3 Å². The van der Waals surface area contributed by atoms with Crippen molar-refractivity contribution >= 4 is 11.8 Å². The Morgan fingerprint density at radius 1 is 1.31 bits per heavy atom. The number of hydrogen-bond donors (Lipinski definition) is 1. The second kappa shape index (κ2) is 6.01. The molecule has 0 aliphatic rings. The molecule has 0 aliphatic carbocycles. The highest BCUT2D eigenvalue weighted by molar-refractivity contribution is 7.98. The van der Waals surface area contributed by atoms with Crippen LogP contribution < -0.4 is 15.2 Å². The Balaban J connectivity index is 3.15. The van der Waals surface area contributed by atoms with Gasteiger partial charge in [0.25, 0.3) is 0 Å². The molecule has 0 unspecified atom stereocenters. The number of hydrogen-bond acceptors (Lipinski definition) is 4. The molecule has 0 aliphatic heterocycles. The molecule has 1 atom stereocenters. The summed E-state index contributed by atoms with van der Waals surface area (Å²) in [7, 11) is 3.31. The fraction of sp³-hybridized carbons (Fsp3) is 0.500. The lowest BCUT2D eigenvalue weighted by Crippen LogP contribution is -2.17. The Kier molecular flexibility index (Phi) is 4.96. The second-order valence-corrected chi connectivity index (χ2v) is 4.56.